The molecule has 0 amide bonds. The largest absolute Gasteiger partial charge is 0.493 e. The van der Waals surface area contributed by atoms with E-state index < -0.39 is 40.9 Å². The second kappa shape index (κ2) is 6.96. The third-order valence-corrected chi connectivity index (χ3v) is 8.18. The Morgan fingerprint density at radius 3 is 2.82 bits per heavy atom. The summed E-state index contributed by atoms with van der Waals surface area (Å²) in [6, 6.07) is 3.85. The van der Waals surface area contributed by atoms with Crippen molar-refractivity contribution in [1.82, 2.24) is 4.90 Å². The molecule has 0 saturated carbocycles. The summed E-state index contributed by atoms with van der Waals surface area (Å²) >= 11 is 0. The number of hydrogen-bond donors (Lipinski definition) is 1. The Morgan fingerprint density at radius 2 is 2.12 bits per heavy atom. The van der Waals surface area contributed by atoms with Gasteiger partial charge in [0.25, 0.3) is 0 Å². The molecular weight excluding hydrogens is 442 g/mol. The Bertz CT molecular complexity index is 1130. The van der Waals surface area contributed by atoms with Crippen molar-refractivity contribution in [3.05, 3.63) is 35.1 Å². The second-order valence-corrected chi connectivity index (χ2v) is 10.4. The highest BCUT2D eigenvalue weighted by Gasteiger charge is 2.72. The monoisotopic (exact) mass is 471 g/mol. The molecule has 6 rings (SSSR count). The molecule has 2 aliphatic carbocycles. The molecule has 5 atom stereocenters. The number of benzene rings is 1. The van der Waals surface area contributed by atoms with Gasteiger partial charge in [-0.2, -0.15) is 0 Å². The molecule has 0 unspecified atom stereocenters. The van der Waals surface area contributed by atoms with Crippen LogP contribution in [0.3, 0.4) is 0 Å². The van der Waals surface area contributed by atoms with E-state index in [2.05, 4.69) is 4.90 Å². The van der Waals surface area contributed by atoms with Gasteiger partial charge in [0.15, 0.2) is 23.7 Å². The number of likely N-dealkylation sites (N-methyl/N-ethyl adjacent to an activating group) is 1. The van der Waals surface area contributed by atoms with Crippen molar-refractivity contribution in [2.75, 3.05) is 20.7 Å². The summed E-state index contributed by atoms with van der Waals surface area (Å²) in [5, 5.41) is 12.2. The quantitative estimate of drug-likeness (QED) is 0.656. The van der Waals surface area contributed by atoms with Crippen molar-refractivity contribution in [3.63, 3.8) is 0 Å². The lowest BCUT2D eigenvalue weighted by Crippen LogP contribution is -2.74. The minimum atomic E-state index is -1.08. The number of nitrogens with zero attached hydrogens (tertiary/aromatic N) is 1. The van der Waals surface area contributed by atoms with Gasteiger partial charge in [-0.05, 0) is 44.1 Å². The maximum atomic E-state index is 12.9. The first-order valence-electron chi connectivity index (χ1n) is 11.7. The molecule has 2 saturated heterocycles. The van der Waals surface area contributed by atoms with E-state index in [1.165, 1.54) is 0 Å². The maximum absolute atomic E-state index is 12.9. The number of methoxy groups -OCH3 is 1. The lowest BCUT2D eigenvalue weighted by molar-refractivity contribution is -0.171. The van der Waals surface area contributed by atoms with Crippen molar-refractivity contribution in [2.24, 2.45) is 0 Å². The smallest absolute Gasteiger partial charge is 0.338 e. The first kappa shape index (κ1) is 21.9. The Hall–Kier alpha value is -2.62. The minimum absolute atomic E-state index is 0.0865. The van der Waals surface area contributed by atoms with E-state index in [9.17, 15) is 14.7 Å². The Kier molecular flexibility index (Phi) is 4.48. The predicted octanol–water partition coefficient (Wildman–Crippen LogP) is 1.58. The highest BCUT2D eigenvalue weighted by Crippen LogP contribution is 2.65. The summed E-state index contributed by atoms with van der Waals surface area (Å²) in [4.78, 5) is 27.2. The van der Waals surface area contributed by atoms with Crippen LogP contribution >= 0.6 is 0 Å². The molecule has 2 fully saturated rings. The number of cyclic esters (lactones) is 1. The number of carbonyl (C=O) groups is 2. The Balaban J connectivity index is 1.36. The van der Waals surface area contributed by atoms with E-state index in [1.54, 1.807) is 27.0 Å². The summed E-state index contributed by atoms with van der Waals surface area (Å²) in [7, 11) is 3.63. The van der Waals surface area contributed by atoms with Crippen LogP contribution in [-0.2, 0) is 35.6 Å². The SMILES string of the molecule is COc1ccc2c3c1O[C@H]1C(OC(=O)C[C@@H]4OC(C)(C)OC4=O)=CC[C@@]4(O)[C@@H](C2)N(C)CC[C@]314. The van der Waals surface area contributed by atoms with E-state index in [1.807, 2.05) is 19.2 Å². The van der Waals surface area contributed by atoms with Crippen LogP contribution in [0.5, 0.6) is 11.5 Å². The fourth-order valence-electron chi connectivity index (χ4n) is 6.76. The van der Waals surface area contributed by atoms with Crippen molar-refractivity contribution in [3.8, 4) is 11.5 Å². The molecule has 9 heteroatoms. The standard InChI is InChI=1S/C25H29NO8/c1-23(2)33-16(22(28)34-23)12-18(27)31-15-7-8-25(29)17-11-13-5-6-14(30-4)20-19(13)24(25,21(15)32-20)9-10-26(17)3/h5-7,16-17,21,29H,8-12H2,1-4H3/t16-,17+,21-,24-,25+/m0/s1. The lowest BCUT2D eigenvalue weighted by Gasteiger charge is -2.61. The summed E-state index contributed by atoms with van der Waals surface area (Å²) in [6.45, 7) is 4.02. The van der Waals surface area contributed by atoms with E-state index in [-0.39, 0.29) is 12.5 Å². The number of esters is 2. The molecule has 1 aromatic rings. The molecule has 1 aromatic carbocycles. The van der Waals surface area contributed by atoms with E-state index >= 15 is 0 Å². The molecule has 9 nitrogen and oxygen atoms in total. The number of ether oxygens (including phenoxy) is 5. The average Bonchev–Trinajstić information content (AvgIpc) is 3.25. The molecule has 1 spiro atoms. The van der Waals surface area contributed by atoms with Crippen LogP contribution in [0.25, 0.3) is 0 Å². The fraction of sp³-hybridized carbons (Fsp3) is 0.600. The molecule has 3 heterocycles. The van der Waals surface area contributed by atoms with Crippen LogP contribution in [0, 0.1) is 0 Å². The fourth-order valence-corrected chi connectivity index (χ4v) is 6.76. The van der Waals surface area contributed by atoms with Gasteiger partial charge in [0.2, 0.25) is 5.79 Å². The normalized spacial score (nSPS) is 36.8. The van der Waals surface area contributed by atoms with Gasteiger partial charge < -0.3 is 33.7 Å². The van der Waals surface area contributed by atoms with Gasteiger partial charge in [-0.15, -0.1) is 0 Å². The zero-order chi connectivity index (χ0) is 24.0. The van der Waals surface area contributed by atoms with E-state index in [0.717, 1.165) is 17.7 Å². The molecular formula is C25H29NO8. The third-order valence-electron chi connectivity index (χ3n) is 8.18. The zero-order valence-corrected chi connectivity index (χ0v) is 19.8. The van der Waals surface area contributed by atoms with Crippen molar-refractivity contribution < 1.29 is 38.4 Å². The first-order valence-corrected chi connectivity index (χ1v) is 11.7. The van der Waals surface area contributed by atoms with E-state index in [4.69, 9.17) is 23.7 Å². The molecule has 0 radical (unpaired) electrons. The van der Waals surface area contributed by atoms with Gasteiger partial charge in [-0.1, -0.05) is 6.07 Å². The number of likely N-dealkylation sites (tertiary alicyclic amines) is 1. The number of piperidine rings is 1. The van der Waals surface area contributed by atoms with Crippen LogP contribution < -0.4 is 9.47 Å². The van der Waals surface area contributed by atoms with Crippen LogP contribution in [-0.4, -0.2) is 72.3 Å². The third kappa shape index (κ3) is 2.71. The van der Waals surface area contributed by atoms with Gasteiger partial charge in [-0.3, -0.25) is 4.79 Å². The average molecular weight is 472 g/mol. The second-order valence-electron chi connectivity index (χ2n) is 10.4. The van der Waals surface area contributed by atoms with Crippen molar-refractivity contribution in [1.29, 1.82) is 0 Å². The van der Waals surface area contributed by atoms with E-state index in [0.29, 0.717) is 36.5 Å². The minimum Gasteiger partial charge on any atom is -0.493 e. The summed E-state index contributed by atoms with van der Waals surface area (Å²) in [5.41, 5.74) is 0.260. The lowest BCUT2D eigenvalue weighted by atomic mass is 9.50. The molecule has 3 aliphatic heterocycles. The summed E-state index contributed by atoms with van der Waals surface area (Å²) in [6.07, 6.45) is 1.48. The molecule has 2 bridgehead atoms. The topological polar surface area (TPSA) is 104 Å². The number of aliphatic hydroxyl groups is 1. The first-order chi connectivity index (χ1) is 16.1. The highest BCUT2D eigenvalue weighted by atomic mass is 16.8. The van der Waals surface area contributed by atoms with Crippen LogP contribution in [0.1, 0.15) is 44.2 Å². The number of carbonyl (C=O) groups excluding carboxylic acids is 2. The maximum Gasteiger partial charge on any atom is 0.338 e. The molecule has 1 N–H and O–H groups in total. The van der Waals surface area contributed by atoms with Gasteiger partial charge in [-0.25, -0.2) is 4.79 Å². The molecule has 182 valence electrons. The predicted molar refractivity (Wildman–Crippen MR) is 117 cm³/mol. The highest BCUT2D eigenvalue weighted by molar-refractivity contribution is 5.83. The number of hydrogen-bond acceptors (Lipinski definition) is 9. The van der Waals surface area contributed by atoms with Crippen LogP contribution in [0.2, 0.25) is 0 Å². The Labute approximate surface area is 197 Å². The van der Waals surface area contributed by atoms with Gasteiger partial charge in [0.05, 0.1) is 24.5 Å². The summed E-state index contributed by atoms with van der Waals surface area (Å²) < 4.78 is 28.5. The van der Waals surface area contributed by atoms with Gasteiger partial charge in [0, 0.05) is 31.9 Å². The Morgan fingerprint density at radius 1 is 1.32 bits per heavy atom. The molecule has 5 aliphatic rings. The zero-order valence-electron chi connectivity index (χ0n) is 19.8. The van der Waals surface area contributed by atoms with Gasteiger partial charge >= 0.3 is 11.9 Å². The van der Waals surface area contributed by atoms with Crippen LogP contribution in [0.4, 0.5) is 0 Å². The van der Waals surface area contributed by atoms with Crippen molar-refractivity contribution in [2.45, 2.75) is 74.6 Å². The number of rotatable bonds is 4. The molecule has 0 aromatic heterocycles. The molecule has 34 heavy (non-hydrogen) atoms. The van der Waals surface area contributed by atoms with Gasteiger partial charge in [0.1, 0.15) is 5.76 Å². The van der Waals surface area contributed by atoms with Crippen LogP contribution in [0.15, 0.2) is 24.0 Å². The summed E-state index contributed by atoms with van der Waals surface area (Å²) in [5.74, 6) is -0.709. The van der Waals surface area contributed by atoms with Crippen molar-refractivity contribution >= 4 is 11.9 Å².